The molecule has 2 unspecified atom stereocenters. The number of aromatic amines is 1. The van der Waals surface area contributed by atoms with Crippen LogP contribution >= 0.6 is 11.6 Å². The van der Waals surface area contributed by atoms with E-state index in [1.54, 1.807) is 31.4 Å². The molecule has 2 aromatic carbocycles. The summed E-state index contributed by atoms with van der Waals surface area (Å²) in [6.45, 7) is 2.80. The summed E-state index contributed by atoms with van der Waals surface area (Å²) in [6.07, 6.45) is 0.985. The first kappa shape index (κ1) is 19.2. The quantitative estimate of drug-likeness (QED) is 0.644. The molecule has 6 nitrogen and oxygen atoms in total. The number of carbonyl (C=O) groups excluding carboxylic acids is 2. The third-order valence-electron chi connectivity index (χ3n) is 6.27. The number of imide groups is 1. The van der Waals surface area contributed by atoms with E-state index in [-0.39, 0.29) is 24.3 Å². The summed E-state index contributed by atoms with van der Waals surface area (Å²) in [6, 6.07) is 12.4. The number of anilines is 1. The third-order valence-corrected chi connectivity index (χ3v) is 6.51. The van der Waals surface area contributed by atoms with E-state index in [0.717, 1.165) is 23.0 Å². The van der Waals surface area contributed by atoms with Crippen molar-refractivity contribution in [3.63, 3.8) is 0 Å². The van der Waals surface area contributed by atoms with Crippen molar-refractivity contribution in [2.24, 2.45) is 0 Å². The fraction of sp³-hybridized carbons (Fsp3) is 0.304. The van der Waals surface area contributed by atoms with Gasteiger partial charge >= 0.3 is 0 Å². The van der Waals surface area contributed by atoms with E-state index in [1.165, 1.54) is 10.5 Å². The van der Waals surface area contributed by atoms with E-state index in [2.05, 4.69) is 16.8 Å². The molecule has 0 spiro atoms. The van der Waals surface area contributed by atoms with Gasteiger partial charge in [-0.2, -0.15) is 0 Å². The Kier molecular flexibility index (Phi) is 4.56. The van der Waals surface area contributed by atoms with E-state index >= 15 is 0 Å². The van der Waals surface area contributed by atoms with Crippen molar-refractivity contribution in [1.29, 1.82) is 0 Å². The zero-order chi connectivity index (χ0) is 21.0. The van der Waals surface area contributed by atoms with Crippen LogP contribution in [0.4, 0.5) is 5.69 Å². The van der Waals surface area contributed by atoms with Crippen molar-refractivity contribution in [2.45, 2.75) is 31.8 Å². The van der Waals surface area contributed by atoms with Crippen LogP contribution in [-0.4, -0.2) is 41.4 Å². The minimum atomic E-state index is -0.471. The number of nitrogens with zero attached hydrogens (tertiary/aromatic N) is 2. The summed E-state index contributed by atoms with van der Waals surface area (Å²) < 4.78 is 5.25. The lowest BCUT2D eigenvalue weighted by molar-refractivity contribution is -0.123. The SMILES string of the molecule is COc1cccc(N2C(=O)CC(N3CCc4c([nH]c5ccc(Cl)cc45)C3C)C2=O)c1. The Labute approximate surface area is 179 Å². The molecular formula is C23H22ClN3O3. The molecule has 2 aliphatic rings. The summed E-state index contributed by atoms with van der Waals surface area (Å²) in [5.74, 6) is 0.256. The maximum atomic E-state index is 13.3. The molecule has 154 valence electrons. The summed E-state index contributed by atoms with van der Waals surface area (Å²) >= 11 is 6.20. The molecule has 2 amide bonds. The van der Waals surface area contributed by atoms with Crippen LogP contribution in [0.3, 0.4) is 0 Å². The second-order valence-corrected chi connectivity index (χ2v) is 8.30. The van der Waals surface area contributed by atoms with Crippen LogP contribution in [0.2, 0.25) is 5.02 Å². The summed E-state index contributed by atoms with van der Waals surface area (Å²) in [5.41, 5.74) is 3.94. The Morgan fingerprint density at radius 1 is 1.17 bits per heavy atom. The number of ether oxygens (including phenoxy) is 1. The van der Waals surface area contributed by atoms with Gasteiger partial charge in [-0.3, -0.25) is 14.5 Å². The van der Waals surface area contributed by atoms with Crippen LogP contribution in [0.15, 0.2) is 42.5 Å². The molecule has 2 aliphatic heterocycles. The van der Waals surface area contributed by atoms with Gasteiger partial charge in [-0.15, -0.1) is 0 Å². The molecule has 3 aromatic rings. The number of methoxy groups -OCH3 is 1. The molecule has 0 saturated carbocycles. The number of fused-ring (bicyclic) bond motifs is 3. The van der Waals surface area contributed by atoms with Crippen LogP contribution in [-0.2, 0) is 16.0 Å². The Morgan fingerprint density at radius 2 is 2.00 bits per heavy atom. The number of aromatic nitrogens is 1. The van der Waals surface area contributed by atoms with Gasteiger partial charge in [-0.05, 0) is 49.2 Å². The van der Waals surface area contributed by atoms with Crippen LogP contribution < -0.4 is 9.64 Å². The fourth-order valence-electron chi connectivity index (χ4n) is 4.79. The van der Waals surface area contributed by atoms with Gasteiger partial charge in [-0.25, -0.2) is 4.90 Å². The lowest BCUT2D eigenvalue weighted by Gasteiger charge is -2.36. The lowest BCUT2D eigenvalue weighted by Crippen LogP contribution is -2.46. The molecule has 7 heteroatoms. The topological polar surface area (TPSA) is 65.6 Å². The minimum absolute atomic E-state index is 0.00747. The van der Waals surface area contributed by atoms with Gasteiger partial charge in [0.15, 0.2) is 0 Å². The highest BCUT2D eigenvalue weighted by molar-refractivity contribution is 6.31. The highest BCUT2D eigenvalue weighted by Crippen LogP contribution is 2.38. The smallest absolute Gasteiger partial charge is 0.251 e. The molecule has 5 rings (SSSR count). The first-order valence-corrected chi connectivity index (χ1v) is 10.4. The molecule has 1 aromatic heterocycles. The van der Waals surface area contributed by atoms with Crippen molar-refractivity contribution in [1.82, 2.24) is 9.88 Å². The number of carbonyl (C=O) groups is 2. The number of amides is 2. The van der Waals surface area contributed by atoms with Crippen LogP contribution in [0.1, 0.15) is 30.6 Å². The molecule has 0 bridgehead atoms. The van der Waals surface area contributed by atoms with E-state index in [1.807, 2.05) is 18.2 Å². The third kappa shape index (κ3) is 2.90. The predicted octanol–water partition coefficient (Wildman–Crippen LogP) is 4.08. The van der Waals surface area contributed by atoms with Gasteiger partial charge in [0.1, 0.15) is 5.75 Å². The van der Waals surface area contributed by atoms with Crippen molar-refractivity contribution >= 4 is 40.0 Å². The first-order chi connectivity index (χ1) is 14.5. The summed E-state index contributed by atoms with van der Waals surface area (Å²) in [5, 5.41) is 1.85. The first-order valence-electron chi connectivity index (χ1n) is 10.0. The van der Waals surface area contributed by atoms with E-state index < -0.39 is 6.04 Å². The number of nitrogens with one attached hydrogen (secondary N) is 1. The zero-order valence-electron chi connectivity index (χ0n) is 16.8. The molecule has 1 saturated heterocycles. The number of halogens is 1. The maximum Gasteiger partial charge on any atom is 0.251 e. The van der Waals surface area contributed by atoms with E-state index in [4.69, 9.17) is 16.3 Å². The van der Waals surface area contributed by atoms with E-state index in [9.17, 15) is 9.59 Å². The molecule has 0 radical (unpaired) electrons. The monoisotopic (exact) mass is 423 g/mol. The summed E-state index contributed by atoms with van der Waals surface area (Å²) in [4.78, 5) is 33.0. The van der Waals surface area contributed by atoms with Gasteiger partial charge in [0.2, 0.25) is 5.91 Å². The molecule has 1 fully saturated rings. The number of hydrogen-bond acceptors (Lipinski definition) is 4. The largest absolute Gasteiger partial charge is 0.497 e. The molecule has 2 atom stereocenters. The second kappa shape index (κ2) is 7.15. The van der Waals surface area contributed by atoms with Crippen molar-refractivity contribution in [2.75, 3.05) is 18.6 Å². The lowest BCUT2D eigenvalue weighted by atomic mass is 9.96. The zero-order valence-corrected chi connectivity index (χ0v) is 17.6. The van der Waals surface area contributed by atoms with E-state index in [0.29, 0.717) is 23.0 Å². The second-order valence-electron chi connectivity index (χ2n) is 7.86. The molecular weight excluding hydrogens is 402 g/mol. The Bertz CT molecular complexity index is 1170. The van der Waals surface area contributed by atoms with Crippen LogP contribution in [0, 0.1) is 0 Å². The van der Waals surface area contributed by atoms with Crippen LogP contribution in [0.5, 0.6) is 5.75 Å². The van der Waals surface area contributed by atoms with Gasteiger partial charge in [0.05, 0.1) is 25.3 Å². The number of H-pyrrole nitrogens is 1. The Morgan fingerprint density at radius 3 is 2.80 bits per heavy atom. The normalized spacial score (nSPS) is 22.0. The average molecular weight is 424 g/mol. The standard InChI is InChI=1S/C23H22ClN3O3/c1-13-22-17(18-10-14(24)6-7-19(18)25-22)8-9-26(13)20-12-21(28)27(23(20)29)15-4-3-5-16(11-15)30-2/h3-7,10-11,13,20,25H,8-9,12H2,1-2H3. The predicted molar refractivity (Wildman–Crippen MR) is 116 cm³/mol. The van der Waals surface area contributed by atoms with Gasteiger partial charge in [0.25, 0.3) is 5.91 Å². The fourth-order valence-corrected chi connectivity index (χ4v) is 4.96. The summed E-state index contributed by atoms with van der Waals surface area (Å²) in [7, 11) is 1.57. The van der Waals surface area contributed by atoms with Crippen molar-refractivity contribution in [3.05, 3.63) is 58.7 Å². The highest BCUT2D eigenvalue weighted by atomic mass is 35.5. The van der Waals surface area contributed by atoms with Crippen molar-refractivity contribution in [3.8, 4) is 5.75 Å². The average Bonchev–Trinajstić information content (AvgIpc) is 3.25. The van der Waals surface area contributed by atoms with Gasteiger partial charge < -0.3 is 9.72 Å². The molecule has 0 aliphatic carbocycles. The Balaban J connectivity index is 1.46. The number of rotatable bonds is 3. The molecule has 30 heavy (non-hydrogen) atoms. The minimum Gasteiger partial charge on any atom is -0.497 e. The Hall–Kier alpha value is -2.83. The van der Waals surface area contributed by atoms with Crippen molar-refractivity contribution < 1.29 is 14.3 Å². The highest BCUT2D eigenvalue weighted by Gasteiger charge is 2.45. The maximum absolute atomic E-state index is 13.3. The number of benzene rings is 2. The van der Waals surface area contributed by atoms with Gasteiger partial charge in [-0.1, -0.05) is 17.7 Å². The molecule has 1 N–H and O–H groups in total. The van der Waals surface area contributed by atoms with Crippen LogP contribution in [0.25, 0.3) is 10.9 Å². The van der Waals surface area contributed by atoms with Gasteiger partial charge in [0, 0.05) is 40.3 Å². The molecule has 3 heterocycles. The number of hydrogen-bond donors (Lipinski definition) is 1.